The molecule has 0 heterocycles. The van der Waals surface area contributed by atoms with Gasteiger partial charge in [0.05, 0.1) is 6.61 Å². The lowest BCUT2D eigenvalue weighted by Gasteiger charge is -2.06. The Balaban J connectivity index is 2.43. The van der Waals surface area contributed by atoms with Gasteiger partial charge in [-0.15, -0.1) is 0 Å². The fourth-order valence-electron chi connectivity index (χ4n) is 1.02. The van der Waals surface area contributed by atoms with Crippen molar-refractivity contribution in [1.82, 2.24) is 0 Å². The van der Waals surface area contributed by atoms with Gasteiger partial charge in [-0.1, -0.05) is 44.4 Å². The highest BCUT2D eigenvalue weighted by atomic mass is 16.5. The van der Waals surface area contributed by atoms with E-state index in [0.717, 1.165) is 12.0 Å². The molecule has 2 nitrogen and oxygen atoms in total. The van der Waals surface area contributed by atoms with Crippen molar-refractivity contribution in [2.24, 2.45) is 5.92 Å². The lowest BCUT2D eigenvalue weighted by Crippen LogP contribution is -2.09. The Bertz CT molecular complexity index is 384. The van der Waals surface area contributed by atoms with Gasteiger partial charge in [0.15, 0.2) is 0 Å². The fraction of sp³-hybridized carbons (Fsp3) is 0.357. The molecule has 1 aromatic carbocycles. The van der Waals surface area contributed by atoms with Crippen LogP contribution in [0.25, 0.3) is 0 Å². The van der Waals surface area contributed by atoms with Crippen molar-refractivity contribution < 1.29 is 9.53 Å². The average molecular weight is 216 g/mol. The largest absolute Gasteiger partial charge is 0.456 e. The molecule has 1 rings (SSSR count). The summed E-state index contributed by atoms with van der Waals surface area (Å²) in [5.74, 6) is 5.17. The molecule has 1 aromatic rings. The summed E-state index contributed by atoms with van der Waals surface area (Å²) < 4.78 is 5.00. The third kappa shape index (κ3) is 4.65. The van der Waals surface area contributed by atoms with Gasteiger partial charge in [0, 0.05) is 11.5 Å². The number of benzene rings is 1. The average Bonchev–Trinajstić information content (AvgIpc) is 2.34. The zero-order valence-electron chi connectivity index (χ0n) is 9.69. The lowest BCUT2D eigenvalue weighted by atomic mass is 10.1. The van der Waals surface area contributed by atoms with Crippen LogP contribution < -0.4 is 0 Å². The van der Waals surface area contributed by atoms with E-state index in [-0.39, 0.29) is 0 Å². The molecular formula is C14H16O2. The highest BCUT2D eigenvalue weighted by molar-refractivity contribution is 5.89. The summed E-state index contributed by atoms with van der Waals surface area (Å²) >= 11 is 0. The van der Waals surface area contributed by atoms with E-state index in [9.17, 15) is 4.79 Å². The smallest absolute Gasteiger partial charge is 0.384 e. The maximum absolute atomic E-state index is 11.2. The fourth-order valence-corrected chi connectivity index (χ4v) is 1.02. The minimum absolute atomic E-state index is 0.391. The number of hydrogen-bond donors (Lipinski definition) is 0. The molecule has 0 spiro atoms. The van der Waals surface area contributed by atoms with Gasteiger partial charge in [-0.3, -0.25) is 0 Å². The first-order chi connectivity index (χ1) is 7.72. The summed E-state index contributed by atoms with van der Waals surface area (Å²) in [6, 6.07) is 9.39. The zero-order chi connectivity index (χ0) is 11.8. The normalized spacial score (nSPS) is 11.1. The minimum atomic E-state index is -0.454. The first-order valence-electron chi connectivity index (χ1n) is 5.46. The van der Waals surface area contributed by atoms with E-state index in [2.05, 4.69) is 18.8 Å². The van der Waals surface area contributed by atoms with Crippen molar-refractivity contribution in [2.75, 3.05) is 6.61 Å². The van der Waals surface area contributed by atoms with Crippen LogP contribution in [0.15, 0.2) is 30.3 Å². The molecule has 1 atom stereocenters. The van der Waals surface area contributed by atoms with Crippen molar-refractivity contribution in [3.05, 3.63) is 35.9 Å². The molecule has 16 heavy (non-hydrogen) atoms. The van der Waals surface area contributed by atoms with Crippen molar-refractivity contribution in [3.8, 4) is 11.8 Å². The quantitative estimate of drug-likeness (QED) is 0.573. The summed E-state index contributed by atoms with van der Waals surface area (Å²) in [4.78, 5) is 11.2. The molecule has 84 valence electrons. The van der Waals surface area contributed by atoms with Gasteiger partial charge in [-0.2, -0.15) is 0 Å². The summed E-state index contributed by atoms with van der Waals surface area (Å²) in [5, 5.41) is 0. The Morgan fingerprint density at radius 1 is 1.38 bits per heavy atom. The topological polar surface area (TPSA) is 26.3 Å². The second kappa shape index (κ2) is 6.68. The van der Waals surface area contributed by atoms with Crippen LogP contribution in [0.3, 0.4) is 0 Å². The monoisotopic (exact) mass is 216 g/mol. The molecule has 0 saturated heterocycles. The lowest BCUT2D eigenvalue weighted by molar-refractivity contribution is -0.137. The molecule has 0 aromatic heterocycles. The van der Waals surface area contributed by atoms with Crippen LogP contribution >= 0.6 is 0 Å². The van der Waals surface area contributed by atoms with E-state index in [1.165, 1.54) is 0 Å². The number of ether oxygens (including phenoxy) is 1. The Kier molecular flexibility index (Phi) is 5.15. The highest BCUT2D eigenvalue weighted by Gasteiger charge is 2.02. The van der Waals surface area contributed by atoms with E-state index >= 15 is 0 Å². The first kappa shape index (κ1) is 12.3. The summed E-state index contributed by atoms with van der Waals surface area (Å²) in [6.45, 7) is 4.55. The molecular weight excluding hydrogens is 200 g/mol. The second-order valence-electron chi connectivity index (χ2n) is 3.73. The van der Waals surface area contributed by atoms with Crippen LogP contribution in [0, 0.1) is 17.8 Å². The molecule has 0 aliphatic rings. The van der Waals surface area contributed by atoms with Crippen molar-refractivity contribution in [3.63, 3.8) is 0 Å². The number of esters is 1. The molecule has 2 heteroatoms. The highest BCUT2D eigenvalue weighted by Crippen LogP contribution is 2.00. The van der Waals surface area contributed by atoms with Gasteiger partial charge in [0.25, 0.3) is 0 Å². The second-order valence-corrected chi connectivity index (χ2v) is 3.73. The van der Waals surface area contributed by atoms with Crippen molar-refractivity contribution in [2.45, 2.75) is 20.3 Å². The maximum atomic E-state index is 11.2. The van der Waals surface area contributed by atoms with Crippen LogP contribution in [0.2, 0.25) is 0 Å². The number of carbonyl (C=O) groups is 1. The molecule has 0 N–H and O–H groups in total. The van der Waals surface area contributed by atoms with Crippen LogP contribution in [-0.4, -0.2) is 12.6 Å². The summed E-state index contributed by atoms with van der Waals surface area (Å²) in [6.07, 6.45) is 0.999. The molecule has 0 saturated carbocycles. The van der Waals surface area contributed by atoms with E-state index in [1.54, 1.807) is 0 Å². The van der Waals surface area contributed by atoms with Gasteiger partial charge in [0.1, 0.15) is 0 Å². The minimum Gasteiger partial charge on any atom is -0.456 e. The van der Waals surface area contributed by atoms with E-state index in [0.29, 0.717) is 12.5 Å². The van der Waals surface area contributed by atoms with Crippen LogP contribution in [0.4, 0.5) is 0 Å². The predicted molar refractivity (Wildman–Crippen MR) is 63.7 cm³/mol. The van der Waals surface area contributed by atoms with Gasteiger partial charge >= 0.3 is 5.97 Å². The zero-order valence-corrected chi connectivity index (χ0v) is 9.69. The van der Waals surface area contributed by atoms with Crippen LogP contribution in [-0.2, 0) is 9.53 Å². The molecule has 0 radical (unpaired) electrons. The maximum Gasteiger partial charge on any atom is 0.384 e. The molecule has 0 amide bonds. The SMILES string of the molecule is CC[C@@H](C)COC(=O)C#Cc1ccccc1. The van der Waals surface area contributed by atoms with Gasteiger partial charge in [0.2, 0.25) is 0 Å². The van der Waals surface area contributed by atoms with E-state index < -0.39 is 5.97 Å². The van der Waals surface area contributed by atoms with Gasteiger partial charge in [-0.25, -0.2) is 4.79 Å². The molecule has 0 aliphatic heterocycles. The third-order valence-corrected chi connectivity index (χ3v) is 2.28. The standard InChI is InChI=1S/C14H16O2/c1-3-12(2)11-16-14(15)10-9-13-7-5-4-6-8-13/h4-8,12H,3,11H2,1-2H3/t12-/m1/s1. The molecule has 0 unspecified atom stereocenters. The number of rotatable bonds is 3. The predicted octanol–water partition coefficient (Wildman–Crippen LogP) is 2.63. The van der Waals surface area contributed by atoms with Crippen LogP contribution in [0.5, 0.6) is 0 Å². The Labute approximate surface area is 96.6 Å². The number of carbonyl (C=O) groups excluding carboxylic acids is 1. The van der Waals surface area contributed by atoms with Gasteiger partial charge < -0.3 is 4.74 Å². The first-order valence-corrected chi connectivity index (χ1v) is 5.46. The third-order valence-electron chi connectivity index (χ3n) is 2.28. The summed E-state index contributed by atoms with van der Waals surface area (Å²) in [5.41, 5.74) is 0.822. The Morgan fingerprint density at radius 2 is 2.06 bits per heavy atom. The summed E-state index contributed by atoms with van der Waals surface area (Å²) in [7, 11) is 0. The molecule has 0 bridgehead atoms. The van der Waals surface area contributed by atoms with Crippen LogP contribution in [0.1, 0.15) is 25.8 Å². The van der Waals surface area contributed by atoms with E-state index in [4.69, 9.17) is 4.74 Å². The van der Waals surface area contributed by atoms with Crippen molar-refractivity contribution in [1.29, 1.82) is 0 Å². The molecule has 0 fully saturated rings. The van der Waals surface area contributed by atoms with E-state index in [1.807, 2.05) is 37.3 Å². The van der Waals surface area contributed by atoms with Crippen molar-refractivity contribution >= 4 is 5.97 Å². The Morgan fingerprint density at radius 3 is 2.69 bits per heavy atom. The molecule has 0 aliphatic carbocycles. The van der Waals surface area contributed by atoms with Gasteiger partial charge in [-0.05, 0) is 18.1 Å². The Hall–Kier alpha value is -1.75. The number of hydrogen-bond acceptors (Lipinski definition) is 2.